The van der Waals surface area contributed by atoms with Crippen molar-refractivity contribution in [2.24, 2.45) is 11.8 Å². The second kappa shape index (κ2) is 5.53. The molecule has 0 aromatic rings. The summed E-state index contributed by atoms with van der Waals surface area (Å²) in [6, 6.07) is 0. The first-order valence-electron chi connectivity index (χ1n) is 6.50. The van der Waals surface area contributed by atoms with Gasteiger partial charge in [0.2, 0.25) is 0 Å². The Morgan fingerprint density at radius 1 is 0.643 bits per heavy atom. The number of rotatable bonds is 1. The smallest absolute Gasteiger partial charge is 0.0148 e. The van der Waals surface area contributed by atoms with E-state index in [1.165, 1.54) is 64.2 Å². The third kappa shape index (κ3) is 2.98. The fraction of sp³-hybridized carbons (Fsp3) is 1.00. The van der Waals surface area contributed by atoms with Gasteiger partial charge in [-0.2, -0.15) is 0 Å². The first kappa shape index (κ1) is 11.0. The van der Waals surface area contributed by atoms with E-state index >= 15 is 0 Å². The predicted molar refractivity (Wildman–Crippen MR) is 65.9 cm³/mol. The van der Waals surface area contributed by atoms with Gasteiger partial charge in [-0.1, -0.05) is 67.3 Å². The average molecular weight is 259 g/mol. The van der Waals surface area contributed by atoms with Crippen molar-refractivity contribution in [1.82, 2.24) is 0 Å². The number of halogens is 1. The quantitative estimate of drug-likeness (QED) is 0.463. The molecule has 14 heavy (non-hydrogen) atoms. The Kier molecular flexibility index (Phi) is 4.34. The van der Waals surface area contributed by atoms with Crippen LogP contribution in [-0.2, 0) is 0 Å². The molecule has 0 heterocycles. The summed E-state index contributed by atoms with van der Waals surface area (Å²) in [6.45, 7) is 0. The van der Waals surface area contributed by atoms with Crippen LogP contribution in [0.2, 0.25) is 0 Å². The normalized spacial score (nSPS) is 36.6. The van der Waals surface area contributed by atoms with Crippen LogP contribution in [0.1, 0.15) is 64.2 Å². The molecule has 0 amide bonds. The van der Waals surface area contributed by atoms with Gasteiger partial charge in [-0.3, -0.25) is 0 Å². The zero-order valence-corrected chi connectivity index (χ0v) is 10.8. The third-order valence-corrected chi connectivity index (χ3v) is 5.05. The summed E-state index contributed by atoms with van der Waals surface area (Å²) in [4.78, 5) is 0.830. The van der Waals surface area contributed by atoms with E-state index in [0.29, 0.717) is 0 Å². The summed E-state index contributed by atoms with van der Waals surface area (Å²) >= 11 is 3.85. The highest BCUT2D eigenvalue weighted by atomic mass is 79.9. The Labute approximate surface area is 97.0 Å². The Hall–Kier alpha value is 0.480. The van der Waals surface area contributed by atoms with Gasteiger partial charge in [-0.25, -0.2) is 0 Å². The van der Waals surface area contributed by atoms with Gasteiger partial charge in [0.05, 0.1) is 0 Å². The van der Waals surface area contributed by atoms with Crippen molar-refractivity contribution >= 4 is 15.9 Å². The van der Waals surface area contributed by atoms with Gasteiger partial charge < -0.3 is 0 Å². The minimum atomic E-state index is 0.830. The van der Waals surface area contributed by atoms with Crippen molar-refractivity contribution in [2.75, 3.05) is 0 Å². The molecule has 0 aliphatic heterocycles. The van der Waals surface area contributed by atoms with Crippen LogP contribution in [-0.4, -0.2) is 4.83 Å². The van der Waals surface area contributed by atoms with E-state index < -0.39 is 0 Å². The molecule has 2 aliphatic rings. The number of hydrogen-bond acceptors (Lipinski definition) is 0. The van der Waals surface area contributed by atoms with Gasteiger partial charge in [0.15, 0.2) is 0 Å². The highest BCUT2D eigenvalue weighted by Crippen LogP contribution is 2.38. The fourth-order valence-electron chi connectivity index (χ4n) is 3.37. The van der Waals surface area contributed by atoms with Crippen LogP contribution < -0.4 is 0 Å². The highest BCUT2D eigenvalue weighted by molar-refractivity contribution is 9.09. The van der Waals surface area contributed by atoms with Crippen LogP contribution in [0.25, 0.3) is 0 Å². The minimum Gasteiger partial charge on any atom is -0.0891 e. The van der Waals surface area contributed by atoms with Crippen molar-refractivity contribution in [3.8, 4) is 0 Å². The zero-order valence-electron chi connectivity index (χ0n) is 9.18. The maximum absolute atomic E-state index is 3.85. The molecule has 2 saturated carbocycles. The summed E-state index contributed by atoms with van der Waals surface area (Å²) in [5.41, 5.74) is 0. The molecule has 0 radical (unpaired) electrons. The number of hydrogen-bond donors (Lipinski definition) is 0. The van der Waals surface area contributed by atoms with E-state index in [2.05, 4.69) is 15.9 Å². The molecule has 0 N–H and O–H groups in total. The van der Waals surface area contributed by atoms with E-state index in [0.717, 1.165) is 16.7 Å². The molecular formula is C13H23Br. The maximum atomic E-state index is 3.85. The molecule has 0 saturated heterocycles. The first-order valence-corrected chi connectivity index (χ1v) is 7.42. The number of alkyl halides is 1. The molecule has 0 spiro atoms. The molecule has 0 aromatic heterocycles. The molecule has 2 aliphatic carbocycles. The molecule has 0 nitrogen and oxygen atoms in total. The third-order valence-electron chi connectivity index (χ3n) is 4.22. The van der Waals surface area contributed by atoms with Gasteiger partial charge in [0, 0.05) is 4.83 Å². The van der Waals surface area contributed by atoms with E-state index in [1.807, 2.05) is 0 Å². The highest BCUT2D eigenvalue weighted by Gasteiger charge is 2.26. The van der Waals surface area contributed by atoms with Crippen molar-refractivity contribution < 1.29 is 0 Å². The van der Waals surface area contributed by atoms with Crippen molar-refractivity contribution in [1.29, 1.82) is 0 Å². The topological polar surface area (TPSA) is 0 Å². The molecule has 0 aromatic carbocycles. The molecule has 82 valence electrons. The summed E-state index contributed by atoms with van der Waals surface area (Å²) in [7, 11) is 0. The van der Waals surface area contributed by atoms with Crippen LogP contribution in [0.3, 0.4) is 0 Å². The van der Waals surface area contributed by atoms with Gasteiger partial charge in [-0.05, 0) is 24.7 Å². The molecule has 2 rings (SSSR count). The summed E-state index contributed by atoms with van der Waals surface area (Å²) < 4.78 is 0. The summed E-state index contributed by atoms with van der Waals surface area (Å²) in [5.74, 6) is 2.14. The van der Waals surface area contributed by atoms with Crippen LogP contribution in [0.5, 0.6) is 0 Å². The Morgan fingerprint density at radius 2 is 1.21 bits per heavy atom. The Bertz CT molecular complexity index is 161. The lowest BCUT2D eigenvalue weighted by molar-refractivity contribution is 0.229. The fourth-order valence-corrected chi connectivity index (χ4v) is 4.17. The second-order valence-corrected chi connectivity index (χ2v) is 6.57. The standard InChI is InChI=1S/C13H23Br/c14-13-9-5-4-8-12(10-13)11-6-2-1-3-7-11/h11-13H,1-10H2/t12-,13?/m1/s1. The van der Waals surface area contributed by atoms with Gasteiger partial charge in [0.1, 0.15) is 0 Å². The van der Waals surface area contributed by atoms with Crippen LogP contribution in [0.15, 0.2) is 0 Å². The lowest BCUT2D eigenvalue weighted by Crippen LogP contribution is -2.19. The van der Waals surface area contributed by atoms with Crippen LogP contribution in [0, 0.1) is 11.8 Å². The van der Waals surface area contributed by atoms with E-state index in [-0.39, 0.29) is 0 Å². The second-order valence-electron chi connectivity index (χ2n) is 5.28. The average Bonchev–Trinajstić information content (AvgIpc) is 2.44. The zero-order chi connectivity index (χ0) is 9.80. The van der Waals surface area contributed by atoms with Crippen molar-refractivity contribution in [2.45, 2.75) is 69.0 Å². The maximum Gasteiger partial charge on any atom is 0.0148 e. The van der Waals surface area contributed by atoms with Gasteiger partial charge in [0.25, 0.3) is 0 Å². The minimum absolute atomic E-state index is 0.830. The lowest BCUT2D eigenvalue weighted by Gasteiger charge is -2.30. The molecule has 2 fully saturated rings. The Morgan fingerprint density at radius 3 is 2.00 bits per heavy atom. The summed E-state index contributed by atoms with van der Waals surface area (Å²) in [5, 5.41) is 0. The molecule has 1 unspecified atom stereocenters. The van der Waals surface area contributed by atoms with Crippen molar-refractivity contribution in [3.05, 3.63) is 0 Å². The Balaban J connectivity index is 1.87. The molecule has 0 bridgehead atoms. The molecule has 1 heteroatoms. The molecule has 2 atom stereocenters. The molecular weight excluding hydrogens is 236 g/mol. The first-order chi connectivity index (χ1) is 6.86. The SMILES string of the molecule is BrC1CCCC[C@@H](C2CCCCC2)C1. The van der Waals surface area contributed by atoms with Crippen LogP contribution >= 0.6 is 15.9 Å². The van der Waals surface area contributed by atoms with Gasteiger partial charge >= 0.3 is 0 Å². The van der Waals surface area contributed by atoms with Gasteiger partial charge in [-0.15, -0.1) is 0 Å². The lowest BCUT2D eigenvalue weighted by atomic mass is 9.77. The van der Waals surface area contributed by atoms with E-state index in [9.17, 15) is 0 Å². The summed E-state index contributed by atoms with van der Waals surface area (Å²) in [6.07, 6.45) is 14.9. The van der Waals surface area contributed by atoms with E-state index in [4.69, 9.17) is 0 Å². The van der Waals surface area contributed by atoms with Crippen molar-refractivity contribution in [3.63, 3.8) is 0 Å². The predicted octanol–water partition coefficient (Wildman–Crippen LogP) is 4.91. The largest absolute Gasteiger partial charge is 0.0891 e. The monoisotopic (exact) mass is 258 g/mol. The van der Waals surface area contributed by atoms with E-state index in [1.54, 1.807) is 0 Å². The van der Waals surface area contributed by atoms with Crippen LogP contribution in [0.4, 0.5) is 0 Å².